The van der Waals surface area contributed by atoms with Crippen LogP contribution in [0.2, 0.25) is 0 Å². The van der Waals surface area contributed by atoms with Gasteiger partial charge in [0.25, 0.3) is 0 Å². The van der Waals surface area contributed by atoms with Crippen LogP contribution in [0.1, 0.15) is 5.69 Å². The minimum atomic E-state index is -4.48. The summed E-state index contributed by atoms with van der Waals surface area (Å²) in [5.74, 6) is -0.886. The zero-order chi connectivity index (χ0) is 15.5. The third-order valence-electron chi connectivity index (χ3n) is 2.47. The van der Waals surface area contributed by atoms with E-state index in [0.717, 1.165) is 9.78 Å². The zero-order valence-corrected chi connectivity index (χ0v) is 11.4. The summed E-state index contributed by atoms with van der Waals surface area (Å²) in [4.78, 5) is 12.2. The molecule has 114 valence electrons. The van der Waals surface area contributed by atoms with Gasteiger partial charge in [-0.25, -0.2) is 0 Å². The molecule has 0 aliphatic rings. The van der Waals surface area contributed by atoms with Crippen molar-refractivity contribution in [2.24, 2.45) is 0 Å². The van der Waals surface area contributed by atoms with E-state index in [4.69, 9.17) is 9.63 Å². The number of thiophene rings is 1. The Morgan fingerprint density at radius 1 is 1.48 bits per heavy atom. The number of hydrogen-bond acceptors (Lipinski definition) is 5. The van der Waals surface area contributed by atoms with E-state index in [0.29, 0.717) is 5.76 Å². The summed E-state index contributed by atoms with van der Waals surface area (Å²) < 4.78 is 42.3. The van der Waals surface area contributed by atoms with E-state index in [2.05, 4.69) is 5.16 Å². The average molecular weight is 320 g/mol. The molecule has 0 spiro atoms. The minimum Gasteiger partial charge on any atom is -0.480 e. The van der Waals surface area contributed by atoms with Gasteiger partial charge in [-0.2, -0.15) is 13.2 Å². The van der Waals surface area contributed by atoms with E-state index in [1.807, 2.05) is 11.4 Å². The van der Waals surface area contributed by atoms with Gasteiger partial charge in [-0.05, 0) is 11.4 Å². The number of rotatable bonds is 6. The minimum absolute atomic E-state index is 0.249. The number of carboxylic acids is 1. The molecule has 2 rings (SSSR count). The molecule has 0 fully saturated rings. The molecule has 2 aromatic heterocycles. The van der Waals surface area contributed by atoms with Gasteiger partial charge in [0.1, 0.15) is 0 Å². The lowest BCUT2D eigenvalue weighted by Gasteiger charge is -2.20. The van der Waals surface area contributed by atoms with Gasteiger partial charge in [0.15, 0.2) is 5.76 Å². The summed E-state index contributed by atoms with van der Waals surface area (Å²) in [5.41, 5.74) is 0.254. The van der Waals surface area contributed by atoms with E-state index in [-0.39, 0.29) is 12.2 Å². The van der Waals surface area contributed by atoms with Crippen molar-refractivity contribution in [3.05, 3.63) is 29.3 Å². The van der Waals surface area contributed by atoms with Crippen LogP contribution in [0.5, 0.6) is 0 Å². The smallest absolute Gasteiger partial charge is 0.401 e. The standard InChI is InChI=1S/C12H11F3N2O3S/c13-12(14,15)7-17(6-11(18)19)5-8-4-9(20-16-8)10-2-1-3-21-10/h1-4H,5-7H2,(H,18,19). The first-order chi connectivity index (χ1) is 9.83. The summed E-state index contributed by atoms with van der Waals surface area (Å²) in [5, 5.41) is 14.2. The van der Waals surface area contributed by atoms with Crippen molar-refractivity contribution in [2.45, 2.75) is 12.7 Å². The lowest BCUT2D eigenvalue weighted by atomic mass is 10.3. The van der Waals surface area contributed by atoms with Crippen LogP contribution in [0, 0.1) is 0 Å². The molecule has 1 N–H and O–H groups in total. The fourth-order valence-electron chi connectivity index (χ4n) is 1.76. The first-order valence-corrected chi connectivity index (χ1v) is 6.72. The van der Waals surface area contributed by atoms with Crippen molar-refractivity contribution in [2.75, 3.05) is 13.1 Å². The van der Waals surface area contributed by atoms with Crippen molar-refractivity contribution in [1.29, 1.82) is 0 Å². The average Bonchev–Trinajstić information content (AvgIpc) is 2.94. The van der Waals surface area contributed by atoms with Gasteiger partial charge >= 0.3 is 12.1 Å². The molecule has 2 aromatic rings. The third-order valence-corrected chi connectivity index (χ3v) is 3.35. The van der Waals surface area contributed by atoms with Gasteiger partial charge in [-0.1, -0.05) is 11.2 Å². The zero-order valence-electron chi connectivity index (χ0n) is 10.6. The fourth-order valence-corrected chi connectivity index (χ4v) is 2.44. The molecular weight excluding hydrogens is 309 g/mol. The molecule has 9 heteroatoms. The van der Waals surface area contributed by atoms with E-state index in [9.17, 15) is 18.0 Å². The summed E-state index contributed by atoms with van der Waals surface area (Å²) in [6.45, 7) is -2.29. The van der Waals surface area contributed by atoms with Crippen LogP contribution in [0.15, 0.2) is 28.1 Å². The number of halogens is 3. The normalized spacial score (nSPS) is 12.0. The van der Waals surface area contributed by atoms with Crippen molar-refractivity contribution in [3.63, 3.8) is 0 Å². The van der Waals surface area contributed by atoms with Crippen LogP contribution < -0.4 is 0 Å². The quantitative estimate of drug-likeness (QED) is 0.886. The van der Waals surface area contributed by atoms with Crippen LogP contribution >= 0.6 is 11.3 Å². The molecule has 0 aromatic carbocycles. The first-order valence-electron chi connectivity index (χ1n) is 5.84. The Labute approximate surface area is 121 Å². The Morgan fingerprint density at radius 3 is 2.81 bits per heavy atom. The van der Waals surface area contributed by atoms with Crippen LogP contribution in [0.3, 0.4) is 0 Å². The van der Waals surface area contributed by atoms with Crippen molar-refractivity contribution in [1.82, 2.24) is 10.1 Å². The molecule has 0 unspecified atom stereocenters. The highest BCUT2D eigenvalue weighted by molar-refractivity contribution is 7.13. The Kier molecular flexibility index (Phi) is 4.63. The number of nitrogens with zero attached hydrogens (tertiary/aromatic N) is 2. The van der Waals surface area contributed by atoms with Gasteiger partial charge in [0.05, 0.1) is 23.7 Å². The van der Waals surface area contributed by atoms with Gasteiger partial charge in [-0.15, -0.1) is 11.3 Å². The van der Waals surface area contributed by atoms with E-state index in [1.165, 1.54) is 17.4 Å². The lowest BCUT2D eigenvalue weighted by Crippen LogP contribution is -2.37. The van der Waals surface area contributed by atoms with E-state index in [1.54, 1.807) is 6.07 Å². The van der Waals surface area contributed by atoms with E-state index >= 15 is 0 Å². The molecule has 0 aliphatic heterocycles. The summed E-state index contributed by atoms with van der Waals surface area (Å²) in [6.07, 6.45) is -4.48. The van der Waals surface area contributed by atoms with Crippen molar-refractivity contribution >= 4 is 17.3 Å². The second-order valence-electron chi connectivity index (χ2n) is 4.31. The molecule has 21 heavy (non-hydrogen) atoms. The molecule has 5 nitrogen and oxygen atoms in total. The maximum Gasteiger partial charge on any atom is 0.401 e. The highest BCUT2D eigenvalue weighted by Gasteiger charge is 2.32. The molecule has 0 bridgehead atoms. The highest BCUT2D eigenvalue weighted by Crippen LogP contribution is 2.26. The lowest BCUT2D eigenvalue weighted by molar-refractivity contribution is -0.155. The number of aromatic nitrogens is 1. The van der Waals surface area contributed by atoms with Gasteiger partial charge in [0, 0.05) is 12.6 Å². The largest absolute Gasteiger partial charge is 0.480 e. The molecule has 0 saturated heterocycles. The Bertz CT molecular complexity index is 595. The van der Waals surface area contributed by atoms with Gasteiger partial charge in [-0.3, -0.25) is 9.69 Å². The third kappa shape index (κ3) is 4.87. The Morgan fingerprint density at radius 2 is 2.24 bits per heavy atom. The maximum absolute atomic E-state index is 12.4. The van der Waals surface area contributed by atoms with Crippen LogP contribution in [-0.4, -0.2) is 40.4 Å². The predicted molar refractivity (Wildman–Crippen MR) is 68.8 cm³/mol. The van der Waals surface area contributed by atoms with Crippen molar-refractivity contribution in [3.8, 4) is 10.6 Å². The molecule has 0 atom stereocenters. The molecular formula is C12H11F3N2O3S. The van der Waals surface area contributed by atoms with Gasteiger partial charge in [0.2, 0.25) is 0 Å². The molecule has 0 aliphatic carbocycles. The fraction of sp³-hybridized carbons (Fsp3) is 0.333. The maximum atomic E-state index is 12.4. The molecule has 0 amide bonds. The topological polar surface area (TPSA) is 66.6 Å². The number of carbonyl (C=O) groups is 1. The SMILES string of the molecule is O=C(O)CN(Cc1cc(-c2cccs2)on1)CC(F)(F)F. The Hall–Kier alpha value is -1.87. The van der Waals surface area contributed by atoms with Gasteiger partial charge < -0.3 is 9.63 Å². The second kappa shape index (κ2) is 6.27. The Balaban J connectivity index is 2.07. The number of aliphatic carboxylic acids is 1. The monoisotopic (exact) mass is 320 g/mol. The second-order valence-corrected chi connectivity index (χ2v) is 5.26. The summed E-state index contributed by atoms with van der Waals surface area (Å²) in [7, 11) is 0. The summed E-state index contributed by atoms with van der Waals surface area (Å²) >= 11 is 1.41. The number of carboxylic acid groups (broad SMARTS) is 1. The van der Waals surface area contributed by atoms with Crippen LogP contribution in [-0.2, 0) is 11.3 Å². The molecule has 2 heterocycles. The summed E-state index contributed by atoms with van der Waals surface area (Å²) in [6, 6.07) is 5.11. The van der Waals surface area contributed by atoms with E-state index < -0.39 is 25.2 Å². The van der Waals surface area contributed by atoms with Crippen LogP contribution in [0.4, 0.5) is 13.2 Å². The predicted octanol–water partition coefficient (Wildman–Crippen LogP) is 2.85. The van der Waals surface area contributed by atoms with Crippen molar-refractivity contribution < 1.29 is 27.6 Å². The first kappa shape index (κ1) is 15.5. The molecule has 0 radical (unpaired) electrons. The number of alkyl halides is 3. The van der Waals surface area contributed by atoms with Crippen LogP contribution in [0.25, 0.3) is 10.6 Å². The number of hydrogen-bond donors (Lipinski definition) is 1. The molecule has 0 saturated carbocycles. The highest BCUT2D eigenvalue weighted by atomic mass is 32.1.